The third kappa shape index (κ3) is 6.81. The average molecular weight is 535 g/mol. The van der Waals surface area contributed by atoms with Gasteiger partial charge in [-0.15, -0.1) is 0 Å². The molecule has 0 bridgehead atoms. The lowest BCUT2D eigenvalue weighted by Crippen LogP contribution is -2.46. The molecule has 3 aromatic rings. The fraction of sp³-hybridized carbons (Fsp3) is 0.240. The van der Waals surface area contributed by atoms with E-state index < -0.39 is 77.4 Å². The topological polar surface area (TPSA) is 138 Å². The van der Waals surface area contributed by atoms with Crippen molar-refractivity contribution in [2.45, 2.75) is 25.8 Å². The first-order valence-corrected chi connectivity index (χ1v) is 11.1. The van der Waals surface area contributed by atoms with Crippen LogP contribution in [0.4, 0.5) is 17.6 Å². The Morgan fingerprint density at radius 1 is 1.00 bits per heavy atom. The zero-order chi connectivity index (χ0) is 28.0. The Hall–Kier alpha value is -4.55. The highest BCUT2D eigenvalue weighted by Gasteiger charge is 2.29. The Kier molecular flexibility index (Phi) is 8.94. The molecule has 200 valence electrons. The highest BCUT2D eigenvalue weighted by molar-refractivity contribution is 5.99. The third-order valence-electron chi connectivity index (χ3n) is 5.40. The van der Waals surface area contributed by atoms with Gasteiger partial charge in [0.1, 0.15) is 18.3 Å². The molecule has 1 aromatic heterocycles. The minimum atomic E-state index is -1.89. The van der Waals surface area contributed by atoms with Gasteiger partial charge in [-0.3, -0.25) is 24.3 Å². The van der Waals surface area contributed by atoms with Gasteiger partial charge in [-0.05, 0) is 6.07 Å². The SMILES string of the molecule is C[C@H](CC(=O)c1cc(-c2ccccc2)n[nH]1)C(=O)N[C@@H](CC(=O)O)C(=O)COc1c(F)c(F)cc(F)c1F. The minimum absolute atomic E-state index is 0.0543. The summed E-state index contributed by atoms with van der Waals surface area (Å²) in [6, 6.07) is 8.70. The molecule has 3 rings (SSSR count). The number of benzene rings is 2. The molecule has 9 nitrogen and oxygen atoms in total. The molecule has 0 unspecified atom stereocenters. The van der Waals surface area contributed by atoms with Gasteiger partial charge in [0.05, 0.1) is 12.1 Å². The number of Topliss-reactive ketones (excluding diaryl/α,β-unsaturated/α-hetero) is 2. The van der Waals surface area contributed by atoms with Crippen LogP contribution in [0.2, 0.25) is 0 Å². The molecule has 1 heterocycles. The lowest BCUT2D eigenvalue weighted by molar-refractivity contribution is -0.140. The first kappa shape index (κ1) is 28.0. The van der Waals surface area contributed by atoms with Crippen molar-refractivity contribution in [2.75, 3.05) is 6.61 Å². The van der Waals surface area contributed by atoms with Gasteiger partial charge in [-0.1, -0.05) is 37.3 Å². The molecule has 0 saturated carbocycles. The van der Waals surface area contributed by atoms with Crippen molar-refractivity contribution in [1.29, 1.82) is 0 Å². The van der Waals surface area contributed by atoms with E-state index in [2.05, 4.69) is 20.3 Å². The van der Waals surface area contributed by atoms with Crippen LogP contribution in [0.5, 0.6) is 5.75 Å². The highest BCUT2D eigenvalue weighted by Crippen LogP contribution is 2.26. The largest absolute Gasteiger partial charge is 0.481 e. The van der Waals surface area contributed by atoms with Crippen LogP contribution in [-0.2, 0) is 14.4 Å². The Morgan fingerprint density at radius 3 is 2.24 bits per heavy atom. The molecule has 38 heavy (non-hydrogen) atoms. The number of aromatic nitrogens is 2. The number of ketones is 2. The van der Waals surface area contributed by atoms with Gasteiger partial charge in [0, 0.05) is 24.0 Å². The lowest BCUT2D eigenvalue weighted by atomic mass is 10.00. The molecule has 0 aliphatic rings. The Bertz CT molecular complexity index is 1340. The van der Waals surface area contributed by atoms with Crippen LogP contribution >= 0.6 is 0 Å². The van der Waals surface area contributed by atoms with Gasteiger partial charge < -0.3 is 15.2 Å². The number of hydrogen-bond donors (Lipinski definition) is 3. The number of carbonyl (C=O) groups is 4. The number of rotatable bonds is 12. The van der Waals surface area contributed by atoms with Gasteiger partial charge in [0.25, 0.3) is 0 Å². The number of carboxylic acids is 1. The first-order valence-electron chi connectivity index (χ1n) is 11.1. The zero-order valence-corrected chi connectivity index (χ0v) is 19.8. The maximum atomic E-state index is 13.8. The van der Waals surface area contributed by atoms with Crippen molar-refractivity contribution >= 4 is 23.4 Å². The molecule has 0 aliphatic carbocycles. The Labute approximate surface area is 212 Å². The standard InChI is InChI=1S/C25H21F4N3O6/c1-12(7-19(33)18-9-16(31-32-18)13-5-3-2-4-6-13)25(37)30-17(10-21(35)36)20(34)11-38-24-22(28)14(26)8-15(27)23(24)29/h2-6,8-9,12,17H,7,10-11H2,1H3,(H,30,37)(H,31,32)(H,35,36)/t12-,17+/m1/s1. The molecule has 2 aromatic carbocycles. The van der Waals surface area contributed by atoms with E-state index in [9.17, 15) is 36.7 Å². The van der Waals surface area contributed by atoms with Crippen LogP contribution < -0.4 is 10.1 Å². The van der Waals surface area contributed by atoms with Crippen LogP contribution in [0.3, 0.4) is 0 Å². The van der Waals surface area contributed by atoms with Crippen LogP contribution in [0, 0.1) is 29.2 Å². The molecule has 0 aliphatic heterocycles. The van der Waals surface area contributed by atoms with E-state index in [4.69, 9.17) is 5.11 Å². The van der Waals surface area contributed by atoms with E-state index in [-0.39, 0.29) is 18.2 Å². The van der Waals surface area contributed by atoms with Crippen LogP contribution in [0.25, 0.3) is 11.3 Å². The number of aliphatic carboxylic acids is 1. The van der Waals surface area contributed by atoms with Crippen molar-refractivity contribution in [3.05, 3.63) is 71.4 Å². The van der Waals surface area contributed by atoms with Gasteiger partial charge in [0.15, 0.2) is 29.0 Å². The van der Waals surface area contributed by atoms with Crippen molar-refractivity contribution in [3.63, 3.8) is 0 Å². The second kappa shape index (κ2) is 12.1. The quantitative estimate of drug-likeness (QED) is 0.183. The second-order valence-corrected chi connectivity index (χ2v) is 8.27. The van der Waals surface area contributed by atoms with Crippen molar-refractivity contribution in [1.82, 2.24) is 15.5 Å². The number of carbonyl (C=O) groups excluding carboxylic acids is 3. The fourth-order valence-electron chi connectivity index (χ4n) is 3.36. The fourth-order valence-corrected chi connectivity index (χ4v) is 3.36. The van der Waals surface area contributed by atoms with Crippen molar-refractivity contribution in [3.8, 4) is 17.0 Å². The number of hydrogen-bond acceptors (Lipinski definition) is 6. The number of nitrogens with zero attached hydrogens (tertiary/aromatic N) is 1. The molecule has 3 N–H and O–H groups in total. The predicted molar refractivity (Wildman–Crippen MR) is 123 cm³/mol. The Balaban J connectivity index is 1.63. The zero-order valence-electron chi connectivity index (χ0n) is 19.8. The van der Waals surface area contributed by atoms with Crippen molar-refractivity contribution in [2.24, 2.45) is 5.92 Å². The lowest BCUT2D eigenvalue weighted by Gasteiger charge is -2.19. The molecular weight excluding hydrogens is 514 g/mol. The Morgan fingerprint density at radius 2 is 1.63 bits per heavy atom. The van der Waals surface area contributed by atoms with Gasteiger partial charge in [-0.2, -0.15) is 13.9 Å². The summed E-state index contributed by atoms with van der Waals surface area (Å²) in [5, 5.41) is 17.9. The minimum Gasteiger partial charge on any atom is -0.481 e. The van der Waals surface area contributed by atoms with E-state index in [1.54, 1.807) is 24.3 Å². The van der Waals surface area contributed by atoms with E-state index in [1.807, 2.05) is 6.07 Å². The summed E-state index contributed by atoms with van der Waals surface area (Å²) in [4.78, 5) is 48.9. The van der Waals surface area contributed by atoms with Gasteiger partial charge >= 0.3 is 5.97 Å². The smallest absolute Gasteiger partial charge is 0.305 e. The average Bonchev–Trinajstić information content (AvgIpc) is 3.38. The summed E-state index contributed by atoms with van der Waals surface area (Å²) < 4.78 is 58.8. The number of carboxylic acid groups (broad SMARTS) is 1. The normalized spacial score (nSPS) is 12.4. The van der Waals surface area contributed by atoms with E-state index in [0.29, 0.717) is 5.69 Å². The number of halogens is 4. The summed E-state index contributed by atoms with van der Waals surface area (Å²) in [5.41, 5.74) is 1.39. The predicted octanol–water partition coefficient (Wildman–Crippen LogP) is 3.45. The summed E-state index contributed by atoms with van der Waals surface area (Å²) in [6.07, 6.45) is -1.26. The summed E-state index contributed by atoms with van der Waals surface area (Å²) >= 11 is 0. The second-order valence-electron chi connectivity index (χ2n) is 8.27. The molecule has 0 fully saturated rings. The first-order chi connectivity index (χ1) is 18.0. The molecule has 0 radical (unpaired) electrons. The maximum Gasteiger partial charge on any atom is 0.305 e. The molecule has 2 atom stereocenters. The number of ether oxygens (including phenoxy) is 1. The summed E-state index contributed by atoms with van der Waals surface area (Å²) in [6.45, 7) is 0.152. The van der Waals surface area contributed by atoms with Gasteiger partial charge in [0.2, 0.25) is 17.5 Å². The van der Waals surface area contributed by atoms with Crippen molar-refractivity contribution < 1.29 is 46.6 Å². The number of aromatic amines is 1. The summed E-state index contributed by atoms with van der Waals surface area (Å²) in [7, 11) is 0. The third-order valence-corrected chi connectivity index (χ3v) is 5.40. The maximum absolute atomic E-state index is 13.8. The van der Waals surface area contributed by atoms with E-state index in [1.165, 1.54) is 13.0 Å². The monoisotopic (exact) mass is 535 g/mol. The molecular formula is C25H21F4N3O6. The van der Waals surface area contributed by atoms with E-state index >= 15 is 0 Å². The molecule has 0 spiro atoms. The van der Waals surface area contributed by atoms with Gasteiger partial charge in [-0.25, -0.2) is 8.78 Å². The number of nitrogens with one attached hydrogen (secondary N) is 2. The molecule has 1 amide bonds. The molecule has 0 saturated heterocycles. The molecule has 13 heteroatoms. The highest BCUT2D eigenvalue weighted by atomic mass is 19.2. The summed E-state index contributed by atoms with van der Waals surface area (Å²) in [5.74, 6) is -13.9. The number of amides is 1. The van der Waals surface area contributed by atoms with Crippen LogP contribution in [0.1, 0.15) is 30.3 Å². The van der Waals surface area contributed by atoms with Crippen LogP contribution in [-0.4, -0.2) is 51.4 Å². The number of H-pyrrole nitrogens is 1. The van der Waals surface area contributed by atoms with E-state index in [0.717, 1.165) is 5.56 Å². The van der Waals surface area contributed by atoms with Crippen LogP contribution in [0.15, 0.2) is 42.5 Å².